The van der Waals surface area contributed by atoms with E-state index in [1.807, 2.05) is 24.3 Å². The molecule has 0 spiro atoms. The lowest BCUT2D eigenvalue weighted by atomic mass is 9.91. The van der Waals surface area contributed by atoms with Crippen LogP contribution < -0.4 is 10.5 Å². The van der Waals surface area contributed by atoms with Crippen molar-refractivity contribution in [3.63, 3.8) is 0 Å². The third kappa shape index (κ3) is 2.93. The van der Waals surface area contributed by atoms with Crippen LogP contribution in [0.2, 0.25) is 0 Å². The van der Waals surface area contributed by atoms with E-state index in [1.165, 1.54) is 12.8 Å². The van der Waals surface area contributed by atoms with Gasteiger partial charge in [-0.1, -0.05) is 36.9 Å². The minimum absolute atomic E-state index is 0.447. The Kier molecular flexibility index (Phi) is 3.92. The lowest BCUT2D eigenvalue weighted by Gasteiger charge is -2.23. The molecule has 21 heavy (non-hydrogen) atoms. The molecule has 2 aromatic rings. The van der Waals surface area contributed by atoms with Crippen molar-refractivity contribution in [1.29, 1.82) is 0 Å². The van der Waals surface area contributed by atoms with Gasteiger partial charge in [-0.2, -0.15) is 4.98 Å². The number of hydrogen-bond acceptors (Lipinski definition) is 5. The molecule has 2 N–H and O–H groups in total. The summed E-state index contributed by atoms with van der Waals surface area (Å²) in [7, 11) is 1.64. The molecule has 0 atom stereocenters. The molecule has 0 unspecified atom stereocenters. The third-order valence-electron chi connectivity index (χ3n) is 4.18. The summed E-state index contributed by atoms with van der Waals surface area (Å²) in [4.78, 5) is 4.53. The normalized spacial score (nSPS) is 18.2. The summed E-state index contributed by atoms with van der Waals surface area (Å²) in [5, 5.41) is 4.13. The van der Waals surface area contributed by atoms with Gasteiger partial charge in [0.1, 0.15) is 5.75 Å². The molecule has 0 aliphatic heterocycles. The molecule has 112 valence electrons. The van der Waals surface area contributed by atoms with E-state index in [4.69, 9.17) is 15.0 Å². The van der Waals surface area contributed by atoms with E-state index in [0.29, 0.717) is 11.7 Å². The first-order valence-corrected chi connectivity index (χ1v) is 7.49. The van der Waals surface area contributed by atoms with Crippen LogP contribution in [0.1, 0.15) is 44.3 Å². The van der Waals surface area contributed by atoms with E-state index in [-0.39, 0.29) is 0 Å². The SMILES string of the molecule is COc1cccc(-c2nc(C3(N)CCCCCC3)no2)c1. The number of nitrogens with zero attached hydrogens (tertiary/aromatic N) is 2. The average molecular weight is 287 g/mol. The van der Waals surface area contributed by atoms with Gasteiger partial charge in [0.05, 0.1) is 12.6 Å². The number of nitrogens with two attached hydrogens (primary N) is 1. The van der Waals surface area contributed by atoms with E-state index in [1.54, 1.807) is 7.11 Å². The van der Waals surface area contributed by atoms with Gasteiger partial charge >= 0.3 is 0 Å². The van der Waals surface area contributed by atoms with Gasteiger partial charge in [-0.15, -0.1) is 0 Å². The summed E-state index contributed by atoms with van der Waals surface area (Å²) in [6, 6.07) is 7.60. The largest absolute Gasteiger partial charge is 0.497 e. The second kappa shape index (κ2) is 5.85. The third-order valence-corrected chi connectivity index (χ3v) is 4.18. The molecule has 1 fully saturated rings. The number of hydrogen-bond donors (Lipinski definition) is 1. The second-order valence-corrected chi connectivity index (χ2v) is 5.73. The monoisotopic (exact) mass is 287 g/mol. The maximum atomic E-state index is 6.52. The molecule has 1 aliphatic carbocycles. The summed E-state index contributed by atoms with van der Waals surface area (Å²) < 4.78 is 10.6. The Hall–Kier alpha value is -1.88. The molecule has 0 radical (unpaired) electrons. The van der Waals surface area contributed by atoms with Crippen molar-refractivity contribution >= 4 is 0 Å². The van der Waals surface area contributed by atoms with Crippen molar-refractivity contribution in [2.45, 2.75) is 44.1 Å². The highest BCUT2D eigenvalue weighted by Gasteiger charge is 2.33. The topological polar surface area (TPSA) is 74.2 Å². The molecule has 1 saturated carbocycles. The fourth-order valence-electron chi connectivity index (χ4n) is 2.88. The summed E-state index contributed by atoms with van der Waals surface area (Å²) in [5.74, 6) is 1.89. The van der Waals surface area contributed by atoms with Crippen LogP contribution in [0, 0.1) is 0 Å². The Morgan fingerprint density at radius 3 is 2.67 bits per heavy atom. The van der Waals surface area contributed by atoms with Gasteiger partial charge in [0.2, 0.25) is 0 Å². The van der Waals surface area contributed by atoms with Gasteiger partial charge in [0, 0.05) is 5.56 Å². The van der Waals surface area contributed by atoms with Crippen LogP contribution in [0.5, 0.6) is 5.75 Å². The van der Waals surface area contributed by atoms with Gasteiger partial charge < -0.3 is 15.0 Å². The van der Waals surface area contributed by atoms with Crippen molar-refractivity contribution < 1.29 is 9.26 Å². The summed E-state index contributed by atoms with van der Waals surface area (Å²) in [6.45, 7) is 0. The van der Waals surface area contributed by atoms with E-state index in [0.717, 1.165) is 37.0 Å². The van der Waals surface area contributed by atoms with Gasteiger partial charge in [0.25, 0.3) is 5.89 Å². The van der Waals surface area contributed by atoms with Crippen molar-refractivity contribution in [2.75, 3.05) is 7.11 Å². The van der Waals surface area contributed by atoms with Crippen LogP contribution in [0.3, 0.4) is 0 Å². The zero-order valence-electron chi connectivity index (χ0n) is 12.3. The maximum Gasteiger partial charge on any atom is 0.258 e. The Bertz CT molecular complexity index is 601. The number of rotatable bonds is 3. The highest BCUT2D eigenvalue weighted by molar-refractivity contribution is 5.55. The fraction of sp³-hybridized carbons (Fsp3) is 0.500. The summed E-state index contributed by atoms with van der Waals surface area (Å²) >= 11 is 0. The molecule has 5 nitrogen and oxygen atoms in total. The molecule has 0 saturated heterocycles. The molecule has 1 aliphatic rings. The van der Waals surface area contributed by atoms with Crippen LogP contribution in [0.4, 0.5) is 0 Å². The molecule has 1 aromatic heterocycles. The van der Waals surface area contributed by atoms with Gasteiger partial charge in [-0.25, -0.2) is 0 Å². The number of benzene rings is 1. The zero-order chi connectivity index (χ0) is 14.7. The molecule has 1 aromatic carbocycles. The molecule has 1 heterocycles. The van der Waals surface area contributed by atoms with Crippen LogP contribution in [-0.4, -0.2) is 17.3 Å². The predicted octanol–water partition coefficient (Wildman–Crippen LogP) is 3.25. The molecule has 0 bridgehead atoms. The smallest absolute Gasteiger partial charge is 0.258 e. The number of methoxy groups -OCH3 is 1. The van der Waals surface area contributed by atoms with Crippen LogP contribution in [0.15, 0.2) is 28.8 Å². The Labute approximate surface area is 124 Å². The second-order valence-electron chi connectivity index (χ2n) is 5.73. The van der Waals surface area contributed by atoms with E-state index >= 15 is 0 Å². The van der Waals surface area contributed by atoms with Crippen molar-refractivity contribution in [3.8, 4) is 17.2 Å². The first kappa shape index (κ1) is 14.1. The van der Waals surface area contributed by atoms with Crippen molar-refractivity contribution in [3.05, 3.63) is 30.1 Å². The van der Waals surface area contributed by atoms with Gasteiger partial charge in [0.15, 0.2) is 5.82 Å². The van der Waals surface area contributed by atoms with E-state index in [9.17, 15) is 0 Å². The molecule has 3 rings (SSSR count). The van der Waals surface area contributed by atoms with Crippen LogP contribution in [0.25, 0.3) is 11.5 Å². The van der Waals surface area contributed by atoms with Crippen molar-refractivity contribution in [1.82, 2.24) is 10.1 Å². The number of aromatic nitrogens is 2. The minimum atomic E-state index is -0.447. The molecular weight excluding hydrogens is 266 g/mol. The quantitative estimate of drug-likeness (QED) is 0.877. The molecule has 0 amide bonds. The number of ether oxygens (including phenoxy) is 1. The zero-order valence-corrected chi connectivity index (χ0v) is 12.3. The highest BCUT2D eigenvalue weighted by Crippen LogP contribution is 2.33. The Morgan fingerprint density at radius 1 is 1.19 bits per heavy atom. The van der Waals surface area contributed by atoms with E-state index in [2.05, 4.69) is 10.1 Å². The minimum Gasteiger partial charge on any atom is -0.497 e. The molecule has 5 heteroatoms. The first-order valence-electron chi connectivity index (χ1n) is 7.49. The Balaban J connectivity index is 1.88. The van der Waals surface area contributed by atoms with E-state index < -0.39 is 5.54 Å². The standard InChI is InChI=1S/C16H21N3O2/c1-20-13-8-6-7-12(11-13)14-18-15(19-21-14)16(17)9-4-2-3-5-10-16/h6-8,11H,2-5,9-10,17H2,1H3. The fourth-order valence-corrected chi connectivity index (χ4v) is 2.88. The summed E-state index contributed by atoms with van der Waals surface area (Å²) in [6.07, 6.45) is 6.56. The van der Waals surface area contributed by atoms with Crippen molar-refractivity contribution in [2.24, 2.45) is 5.73 Å². The van der Waals surface area contributed by atoms with Crippen LogP contribution in [-0.2, 0) is 5.54 Å². The first-order chi connectivity index (χ1) is 10.2. The Morgan fingerprint density at radius 2 is 1.95 bits per heavy atom. The van der Waals surface area contributed by atoms with Crippen LogP contribution >= 0.6 is 0 Å². The summed E-state index contributed by atoms with van der Waals surface area (Å²) in [5.41, 5.74) is 6.92. The van der Waals surface area contributed by atoms with Gasteiger partial charge in [-0.3, -0.25) is 0 Å². The predicted molar refractivity (Wildman–Crippen MR) is 79.9 cm³/mol. The highest BCUT2D eigenvalue weighted by atomic mass is 16.5. The maximum absolute atomic E-state index is 6.52. The molecular formula is C16H21N3O2. The lowest BCUT2D eigenvalue weighted by Crippen LogP contribution is -2.37. The van der Waals surface area contributed by atoms with Gasteiger partial charge in [-0.05, 0) is 31.0 Å². The average Bonchev–Trinajstić information content (AvgIpc) is 2.92. The lowest BCUT2D eigenvalue weighted by molar-refractivity contribution is 0.334.